The van der Waals surface area contributed by atoms with Crippen molar-refractivity contribution in [2.45, 2.75) is 38.8 Å². The lowest BCUT2D eigenvalue weighted by Gasteiger charge is -2.21. The van der Waals surface area contributed by atoms with Crippen LogP contribution < -0.4 is 0 Å². The van der Waals surface area contributed by atoms with E-state index in [-0.39, 0.29) is 5.91 Å². The van der Waals surface area contributed by atoms with Crippen LogP contribution in [0.4, 0.5) is 0 Å². The van der Waals surface area contributed by atoms with E-state index in [2.05, 4.69) is 22.9 Å². The number of para-hydroxylation sites is 1. The Kier molecular flexibility index (Phi) is 4.69. The van der Waals surface area contributed by atoms with E-state index < -0.39 is 0 Å². The van der Waals surface area contributed by atoms with Gasteiger partial charge in [-0.15, -0.1) is 0 Å². The molecule has 154 valence electrons. The third kappa shape index (κ3) is 3.32. The zero-order chi connectivity index (χ0) is 20.7. The molecule has 1 amide bonds. The fourth-order valence-corrected chi connectivity index (χ4v) is 4.67. The molecule has 0 radical (unpaired) electrons. The van der Waals surface area contributed by atoms with Gasteiger partial charge < -0.3 is 13.9 Å². The average molecular weight is 402 g/mol. The van der Waals surface area contributed by atoms with Crippen LogP contribution in [0.2, 0.25) is 0 Å². The number of carbonyl (C=O) groups is 1. The standard InChI is InChI=1S/C24H26N4O2/c1-26-14-17(19-8-3-4-10-22(19)26)13-24(29)28(15-18-7-6-12-30-18)16-21-20-9-5-11-23(20)27(2)25-21/h3-4,6-8,10,12,14H,5,9,11,13,15-16H2,1-2H3. The van der Waals surface area contributed by atoms with E-state index in [1.807, 2.05) is 47.9 Å². The van der Waals surface area contributed by atoms with Crippen molar-refractivity contribution in [1.82, 2.24) is 19.2 Å². The van der Waals surface area contributed by atoms with Gasteiger partial charge >= 0.3 is 0 Å². The minimum atomic E-state index is 0.0835. The Morgan fingerprint density at radius 3 is 2.83 bits per heavy atom. The highest BCUT2D eigenvalue weighted by atomic mass is 16.3. The van der Waals surface area contributed by atoms with Crippen molar-refractivity contribution < 1.29 is 9.21 Å². The maximum atomic E-state index is 13.4. The largest absolute Gasteiger partial charge is 0.467 e. The first-order chi connectivity index (χ1) is 14.6. The van der Waals surface area contributed by atoms with Crippen LogP contribution >= 0.6 is 0 Å². The molecule has 30 heavy (non-hydrogen) atoms. The zero-order valence-corrected chi connectivity index (χ0v) is 17.5. The summed E-state index contributed by atoms with van der Waals surface area (Å²) in [7, 11) is 4.02. The summed E-state index contributed by atoms with van der Waals surface area (Å²) in [5.74, 6) is 0.869. The van der Waals surface area contributed by atoms with Crippen LogP contribution in [0.15, 0.2) is 53.3 Å². The van der Waals surface area contributed by atoms with Crippen LogP contribution in [-0.4, -0.2) is 25.2 Å². The summed E-state index contributed by atoms with van der Waals surface area (Å²) in [6.45, 7) is 0.954. The molecular formula is C24H26N4O2. The summed E-state index contributed by atoms with van der Waals surface area (Å²) in [4.78, 5) is 15.3. The molecule has 5 rings (SSSR count). The Morgan fingerprint density at radius 2 is 2.00 bits per heavy atom. The van der Waals surface area contributed by atoms with Gasteiger partial charge in [0, 0.05) is 36.9 Å². The van der Waals surface area contributed by atoms with Crippen molar-refractivity contribution in [2.24, 2.45) is 14.1 Å². The molecule has 0 saturated carbocycles. The predicted octanol–water partition coefficient (Wildman–Crippen LogP) is 3.77. The minimum absolute atomic E-state index is 0.0835. The molecule has 0 spiro atoms. The van der Waals surface area contributed by atoms with Crippen LogP contribution in [0, 0.1) is 0 Å². The van der Waals surface area contributed by atoms with Gasteiger partial charge in [0.15, 0.2) is 0 Å². The van der Waals surface area contributed by atoms with Crippen LogP contribution in [0.25, 0.3) is 10.9 Å². The number of benzene rings is 1. The Morgan fingerprint density at radius 1 is 1.13 bits per heavy atom. The fraction of sp³-hybridized carbons (Fsp3) is 0.333. The van der Waals surface area contributed by atoms with Crippen molar-refractivity contribution >= 4 is 16.8 Å². The lowest BCUT2D eigenvalue weighted by molar-refractivity contribution is -0.132. The molecule has 6 heteroatoms. The molecule has 0 bridgehead atoms. The molecular weight excluding hydrogens is 376 g/mol. The Balaban J connectivity index is 1.44. The van der Waals surface area contributed by atoms with E-state index >= 15 is 0 Å². The highest BCUT2D eigenvalue weighted by Crippen LogP contribution is 2.27. The Bertz CT molecular complexity index is 1200. The molecule has 1 aliphatic rings. The van der Waals surface area contributed by atoms with Gasteiger partial charge in [0.05, 0.1) is 31.5 Å². The van der Waals surface area contributed by atoms with E-state index in [1.165, 1.54) is 11.3 Å². The van der Waals surface area contributed by atoms with Gasteiger partial charge in [-0.1, -0.05) is 18.2 Å². The number of carbonyl (C=O) groups excluding carboxylic acids is 1. The quantitative estimate of drug-likeness (QED) is 0.493. The molecule has 4 aromatic rings. The van der Waals surface area contributed by atoms with Gasteiger partial charge in [-0.05, 0) is 48.6 Å². The van der Waals surface area contributed by atoms with Gasteiger partial charge in [-0.3, -0.25) is 9.48 Å². The molecule has 0 unspecified atom stereocenters. The summed E-state index contributed by atoms with van der Waals surface area (Å²) in [5, 5.41) is 5.86. The van der Waals surface area contributed by atoms with Crippen molar-refractivity contribution in [1.29, 1.82) is 0 Å². The monoisotopic (exact) mass is 402 g/mol. The number of aromatic nitrogens is 3. The fourth-order valence-electron chi connectivity index (χ4n) is 4.67. The van der Waals surface area contributed by atoms with E-state index in [4.69, 9.17) is 9.52 Å². The van der Waals surface area contributed by atoms with E-state index in [9.17, 15) is 4.79 Å². The number of rotatable bonds is 6. The Labute approximate surface area is 175 Å². The number of amides is 1. The van der Waals surface area contributed by atoms with Gasteiger partial charge in [-0.2, -0.15) is 5.10 Å². The van der Waals surface area contributed by atoms with E-state index in [1.54, 1.807) is 6.26 Å². The first-order valence-corrected chi connectivity index (χ1v) is 10.5. The maximum absolute atomic E-state index is 13.4. The molecule has 1 aliphatic carbocycles. The van der Waals surface area contributed by atoms with Crippen molar-refractivity contribution in [2.75, 3.05) is 0 Å². The average Bonchev–Trinajstić information content (AvgIpc) is 3.51. The van der Waals surface area contributed by atoms with Gasteiger partial charge in [0.1, 0.15) is 5.76 Å². The summed E-state index contributed by atoms with van der Waals surface area (Å²) in [6.07, 6.45) is 7.35. The number of nitrogens with zero attached hydrogens (tertiary/aromatic N) is 4. The number of aryl methyl sites for hydroxylation is 2. The van der Waals surface area contributed by atoms with Gasteiger partial charge in [0.2, 0.25) is 5.91 Å². The molecule has 0 aliphatic heterocycles. The van der Waals surface area contributed by atoms with Gasteiger partial charge in [0.25, 0.3) is 0 Å². The lowest BCUT2D eigenvalue weighted by Crippen LogP contribution is -2.31. The lowest BCUT2D eigenvalue weighted by atomic mass is 10.1. The van der Waals surface area contributed by atoms with Crippen molar-refractivity contribution in [3.8, 4) is 0 Å². The number of fused-ring (bicyclic) bond motifs is 2. The van der Waals surface area contributed by atoms with Crippen LogP contribution in [0.3, 0.4) is 0 Å². The first-order valence-electron chi connectivity index (χ1n) is 10.5. The minimum Gasteiger partial charge on any atom is -0.467 e. The molecule has 3 heterocycles. The normalized spacial score (nSPS) is 13.1. The molecule has 0 saturated heterocycles. The SMILES string of the molecule is Cn1nc(CN(Cc2ccco2)C(=O)Cc2cn(C)c3ccccc23)c2c1CCC2. The summed E-state index contributed by atoms with van der Waals surface area (Å²) in [6, 6.07) is 12.0. The predicted molar refractivity (Wildman–Crippen MR) is 115 cm³/mol. The second-order valence-electron chi connectivity index (χ2n) is 8.14. The van der Waals surface area contributed by atoms with Crippen LogP contribution in [0.5, 0.6) is 0 Å². The highest BCUT2D eigenvalue weighted by Gasteiger charge is 2.25. The van der Waals surface area contributed by atoms with E-state index in [0.717, 1.165) is 47.2 Å². The van der Waals surface area contributed by atoms with Gasteiger partial charge in [-0.25, -0.2) is 0 Å². The summed E-state index contributed by atoms with van der Waals surface area (Å²) < 4.78 is 9.62. The van der Waals surface area contributed by atoms with Crippen molar-refractivity contribution in [3.05, 3.63) is 77.1 Å². The Hall–Kier alpha value is -3.28. The number of hydrogen-bond acceptors (Lipinski definition) is 3. The topological polar surface area (TPSA) is 56.2 Å². The highest BCUT2D eigenvalue weighted by molar-refractivity contribution is 5.89. The molecule has 0 atom stereocenters. The second kappa shape index (κ2) is 7.52. The third-order valence-corrected chi connectivity index (χ3v) is 6.14. The summed E-state index contributed by atoms with van der Waals surface area (Å²) >= 11 is 0. The van der Waals surface area contributed by atoms with Crippen molar-refractivity contribution in [3.63, 3.8) is 0 Å². The van der Waals surface area contributed by atoms with E-state index in [0.29, 0.717) is 19.5 Å². The second-order valence-corrected chi connectivity index (χ2v) is 8.14. The number of hydrogen-bond donors (Lipinski definition) is 0. The molecule has 0 fully saturated rings. The molecule has 1 aromatic carbocycles. The zero-order valence-electron chi connectivity index (χ0n) is 17.5. The first kappa shape index (κ1) is 18.7. The summed E-state index contributed by atoms with van der Waals surface area (Å²) in [5.41, 5.74) is 5.83. The third-order valence-electron chi connectivity index (χ3n) is 6.14. The maximum Gasteiger partial charge on any atom is 0.227 e. The van der Waals surface area contributed by atoms with Crippen LogP contribution in [0.1, 0.15) is 34.7 Å². The smallest absolute Gasteiger partial charge is 0.227 e. The molecule has 0 N–H and O–H groups in total. The molecule has 6 nitrogen and oxygen atoms in total. The number of furan rings is 1. The van der Waals surface area contributed by atoms with Crippen LogP contribution in [-0.2, 0) is 51.2 Å². The molecule has 3 aromatic heterocycles.